The summed E-state index contributed by atoms with van der Waals surface area (Å²) in [4.78, 5) is 37.1. The van der Waals surface area contributed by atoms with Crippen LogP contribution in [0.1, 0.15) is 10.4 Å². The molecule has 0 aliphatic rings. The van der Waals surface area contributed by atoms with E-state index in [1.165, 1.54) is 0 Å². The molecule has 27 heavy (non-hydrogen) atoms. The number of carbonyl (C=O) groups excluding carboxylic acids is 3. The first kappa shape index (κ1) is 20.5. The standard InChI is InChI=1S/C19H22N4O3S/c1-23(12-18(25)22-15-5-3-4-6-16(15)27-2)11-17(24)21-14-9-7-13(8-10-14)19(20)26/h3-10H,11-12H2,1-2H3,(H2,20,26)(H,21,24)(H,22,25)/p+1. The quantitative estimate of drug-likeness (QED) is 0.498. The zero-order valence-corrected chi connectivity index (χ0v) is 16.1. The second kappa shape index (κ2) is 9.75. The van der Waals surface area contributed by atoms with Crippen LogP contribution in [0.25, 0.3) is 0 Å². The van der Waals surface area contributed by atoms with Crippen molar-refractivity contribution >= 4 is 40.9 Å². The number of quaternary nitrogens is 1. The number of hydrogen-bond acceptors (Lipinski definition) is 4. The molecule has 3 amide bonds. The van der Waals surface area contributed by atoms with Crippen LogP contribution in [0.4, 0.5) is 11.4 Å². The van der Waals surface area contributed by atoms with E-state index in [4.69, 9.17) is 5.73 Å². The molecule has 0 fully saturated rings. The summed E-state index contributed by atoms with van der Waals surface area (Å²) in [5.41, 5.74) is 6.89. The molecule has 5 N–H and O–H groups in total. The Kier molecular flexibility index (Phi) is 7.39. The van der Waals surface area contributed by atoms with Gasteiger partial charge >= 0.3 is 0 Å². The Balaban J connectivity index is 1.83. The van der Waals surface area contributed by atoms with Gasteiger partial charge in [0.25, 0.3) is 11.8 Å². The SMILES string of the molecule is CSc1ccccc1NC(=O)C[NH+](C)CC(=O)Nc1ccc(C(N)=O)cc1. The molecule has 7 nitrogen and oxygen atoms in total. The summed E-state index contributed by atoms with van der Waals surface area (Å²) in [6, 6.07) is 13.9. The Hall–Kier alpha value is -2.84. The van der Waals surface area contributed by atoms with Crippen LogP contribution in [0.15, 0.2) is 53.4 Å². The largest absolute Gasteiger partial charge is 0.366 e. The van der Waals surface area contributed by atoms with Gasteiger partial charge in [0, 0.05) is 16.1 Å². The average molecular weight is 387 g/mol. The number of amides is 3. The lowest BCUT2D eigenvalue weighted by Crippen LogP contribution is -3.11. The van der Waals surface area contributed by atoms with Crippen molar-refractivity contribution in [3.05, 3.63) is 54.1 Å². The summed E-state index contributed by atoms with van der Waals surface area (Å²) in [7, 11) is 1.77. The summed E-state index contributed by atoms with van der Waals surface area (Å²) in [6.07, 6.45) is 1.95. The lowest BCUT2D eigenvalue weighted by Gasteiger charge is -2.14. The number of benzene rings is 2. The van der Waals surface area contributed by atoms with Gasteiger partial charge in [0.15, 0.2) is 13.1 Å². The lowest BCUT2D eigenvalue weighted by atomic mass is 10.2. The average Bonchev–Trinajstić information content (AvgIpc) is 2.62. The highest BCUT2D eigenvalue weighted by Crippen LogP contribution is 2.24. The van der Waals surface area contributed by atoms with Crippen LogP contribution >= 0.6 is 11.8 Å². The van der Waals surface area contributed by atoms with Gasteiger partial charge in [-0.2, -0.15) is 0 Å². The van der Waals surface area contributed by atoms with Crippen LogP contribution in [-0.2, 0) is 9.59 Å². The van der Waals surface area contributed by atoms with Gasteiger partial charge in [-0.3, -0.25) is 14.4 Å². The highest BCUT2D eigenvalue weighted by molar-refractivity contribution is 7.98. The highest BCUT2D eigenvalue weighted by Gasteiger charge is 2.15. The van der Waals surface area contributed by atoms with Gasteiger partial charge in [0.1, 0.15) is 0 Å². The molecule has 0 heterocycles. The number of carbonyl (C=O) groups is 3. The second-order valence-electron chi connectivity index (χ2n) is 6.05. The zero-order chi connectivity index (χ0) is 19.8. The molecule has 2 aromatic carbocycles. The molecular weight excluding hydrogens is 364 g/mol. The third-order valence-electron chi connectivity index (χ3n) is 3.76. The molecule has 0 spiro atoms. The first-order valence-corrected chi connectivity index (χ1v) is 9.55. The number of para-hydroxylation sites is 1. The Bertz CT molecular complexity index is 824. The molecule has 0 aromatic heterocycles. The summed E-state index contributed by atoms with van der Waals surface area (Å²) in [5, 5.41) is 5.61. The van der Waals surface area contributed by atoms with Gasteiger partial charge in [0.05, 0.1) is 12.7 Å². The molecule has 1 atom stereocenters. The monoisotopic (exact) mass is 387 g/mol. The maximum absolute atomic E-state index is 12.2. The van der Waals surface area contributed by atoms with E-state index < -0.39 is 5.91 Å². The lowest BCUT2D eigenvalue weighted by molar-refractivity contribution is -0.862. The maximum atomic E-state index is 12.2. The summed E-state index contributed by atoms with van der Waals surface area (Å²) >= 11 is 1.56. The number of hydrogen-bond donors (Lipinski definition) is 4. The van der Waals surface area contributed by atoms with Crippen molar-refractivity contribution < 1.29 is 19.3 Å². The van der Waals surface area contributed by atoms with Crippen molar-refractivity contribution in [2.24, 2.45) is 5.73 Å². The van der Waals surface area contributed by atoms with Crippen molar-refractivity contribution in [2.75, 3.05) is 37.0 Å². The Morgan fingerprint density at radius 1 is 0.963 bits per heavy atom. The fourth-order valence-electron chi connectivity index (χ4n) is 2.48. The number of nitrogens with one attached hydrogen (secondary N) is 3. The topological polar surface area (TPSA) is 106 Å². The molecule has 142 valence electrons. The summed E-state index contributed by atoms with van der Waals surface area (Å²) < 4.78 is 0. The van der Waals surface area contributed by atoms with Gasteiger partial charge in [-0.05, 0) is 42.7 Å². The fourth-order valence-corrected chi connectivity index (χ4v) is 3.03. The molecule has 0 aliphatic carbocycles. The van der Waals surface area contributed by atoms with Crippen molar-refractivity contribution in [1.82, 2.24) is 0 Å². The van der Waals surface area contributed by atoms with Gasteiger partial charge < -0.3 is 21.3 Å². The van der Waals surface area contributed by atoms with Gasteiger partial charge in [0.2, 0.25) is 5.91 Å². The molecule has 0 bridgehead atoms. The van der Waals surface area contributed by atoms with Gasteiger partial charge in [-0.15, -0.1) is 11.8 Å². The molecule has 0 saturated heterocycles. The van der Waals surface area contributed by atoms with E-state index in [2.05, 4.69) is 10.6 Å². The predicted octanol–water partition coefficient (Wildman–Crippen LogP) is 0.599. The molecule has 2 aromatic rings. The Morgan fingerprint density at radius 2 is 1.56 bits per heavy atom. The highest BCUT2D eigenvalue weighted by atomic mass is 32.2. The van der Waals surface area contributed by atoms with E-state index in [0.29, 0.717) is 11.3 Å². The van der Waals surface area contributed by atoms with Crippen LogP contribution in [-0.4, -0.2) is 44.1 Å². The molecule has 0 saturated carbocycles. The van der Waals surface area contributed by atoms with Crippen LogP contribution in [0, 0.1) is 0 Å². The maximum Gasteiger partial charge on any atom is 0.279 e. The molecule has 8 heteroatoms. The van der Waals surface area contributed by atoms with Crippen LogP contribution in [0.5, 0.6) is 0 Å². The normalized spacial score (nSPS) is 11.5. The molecular formula is C19H23N4O3S+. The Morgan fingerprint density at radius 3 is 2.15 bits per heavy atom. The Labute approximate surface area is 162 Å². The van der Waals surface area contributed by atoms with Crippen LogP contribution in [0.3, 0.4) is 0 Å². The number of likely N-dealkylation sites (N-methyl/N-ethyl adjacent to an activating group) is 1. The van der Waals surface area contributed by atoms with Crippen molar-refractivity contribution in [3.8, 4) is 0 Å². The van der Waals surface area contributed by atoms with E-state index in [0.717, 1.165) is 15.5 Å². The predicted molar refractivity (Wildman–Crippen MR) is 107 cm³/mol. The minimum Gasteiger partial charge on any atom is -0.366 e. The van der Waals surface area contributed by atoms with Gasteiger partial charge in [-0.25, -0.2) is 0 Å². The number of primary amides is 1. The van der Waals surface area contributed by atoms with E-state index in [1.54, 1.807) is 43.1 Å². The van der Waals surface area contributed by atoms with Gasteiger partial charge in [-0.1, -0.05) is 12.1 Å². The third-order valence-corrected chi connectivity index (χ3v) is 4.55. The fraction of sp³-hybridized carbons (Fsp3) is 0.211. The number of anilines is 2. The van der Waals surface area contributed by atoms with Crippen LogP contribution in [0.2, 0.25) is 0 Å². The van der Waals surface area contributed by atoms with E-state index in [1.807, 2.05) is 30.5 Å². The molecule has 2 rings (SSSR count). The summed E-state index contributed by atoms with van der Waals surface area (Å²) in [5.74, 6) is -0.907. The molecule has 0 radical (unpaired) electrons. The van der Waals surface area contributed by atoms with E-state index in [9.17, 15) is 14.4 Å². The minimum absolute atomic E-state index is 0.134. The zero-order valence-electron chi connectivity index (χ0n) is 15.2. The smallest absolute Gasteiger partial charge is 0.279 e. The number of thioether (sulfide) groups is 1. The first-order valence-electron chi connectivity index (χ1n) is 8.33. The molecule has 0 aliphatic heterocycles. The van der Waals surface area contributed by atoms with Crippen molar-refractivity contribution in [3.63, 3.8) is 0 Å². The first-order chi connectivity index (χ1) is 12.9. The number of rotatable bonds is 8. The van der Waals surface area contributed by atoms with Crippen molar-refractivity contribution in [2.45, 2.75) is 4.90 Å². The third kappa shape index (κ3) is 6.43. The molecule has 1 unspecified atom stereocenters. The van der Waals surface area contributed by atoms with E-state index >= 15 is 0 Å². The minimum atomic E-state index is -0.522. The summed E-state index contributed by atoms with van der Waals surface area (Å²) in [6.45, 7) is 0.298. The number of nitrogens with two attached hydrogens (primary N) is 1. The second-order valence-corrected chi connectivity index (χ2v) is 6.90. The van der Waals surface area contributed by atoms with Crippen LogP contribution < -0.4 is 21.3 Å². The van der Waals surface area contributed by atoms with E-state index in [-0.39, 0.29) is 24.9 Å². The van der Waals surface area contributed by atoms with Crippen molar-refractivity contribution in [1.29, 1.82) is 0 Å².